The van der Waals surface area contributed by atoms with Crippen molar-refractivity contribution in [3.05, 3.63) is 75.4 Å². The van der Waals surface area contributed by atoms with Crippen molar-refractivity contribution < 1.29 is 4.42 Å². The molecule has 0 saturated heterocycles. The van der Waals surface area contributed by atoms with E-state index in [0.717, 1.165) is 43.8 Å². The summed E-state index contributed by atoms with van der Waals surface area (Å²) in [7, 11) is 0. The Morgan fingerprint density at radius 1 is 1.09 bits per heavy atom. The number of aromatic nitrogens is 1. The molecule has 110 valence electrons. The normalized spacial score (nSPS) is 15.8. The number of hydrogen-bond acceptors (Lipinski definition) is 3. The van der Waals surface area contributed by atoms with Crippen LogP contribution in [0.5, 0.6) is 0 Å². The molecule has 0 radical (unpaired) electrons. The Kier molecular flexibility index (Phi) is 2.70. The van der Waals surface area contributed by atoms with Gasteiger partial charge in [-0.2, -0.15) is 0 Å². The van der Waals surface area contributed by atoms with E-state index in [1.807, 2.05) is 36.4 Å². The van der Waals surface area contributed by atoms with Crippen LogP contribution in [0.15, 0.2) is 74.2 Å². The molecule has 1 aliphatic heterocycles. The summed E-state index contributed by atoms with van der Waals surface area (Å²) < 4.78 is 7.02. The van der Waals surface area contributed by atoms with E-state index in [0.29, 0.717) is 5.89 Å². The van der Waals surface area contributed by atoms with Gasteiger partial charge in [0.15, 0.2) is 5.58 Å². The van der Waals surface area contributed by atoms with Gasteiger partial charge in [-0.15, -0.1) is 0 Å². The number of fused-ring (bicyclic) bond motifs is 3. The third-order valence-corrected chi connectivity index (χ3v) is 4.73. The Bertz CT molecular complexity index is 1140. The van der Waals surface area contributed by atoms with Crippen molar-refractivity contribution in [1.82, 2.24) is 4.98 Å². The molecule has 3 aromatic rings. The zero-order valence-electron chi connectivity index (χ0n) is 12.1. The summed E-state index contributed by atoms with van der Waals surface area (Å²) in [5.74, 6) is 0.649. The number of allylic oxidation sites excluding steroid dienone is 4. The first-order valence-electron chi connectivity index (χ1n) is 7.43. The summed E-state index contributed by atoms with van der Waals surface area (Å²) in [5.41, 5.74) is 4.93. The van der Waals surface area contributed by atoms with Crippen molar-refractivity contribution in [1.29, 1.82) is 0 Å². The molecule has 2 heterocycles. The molecule has 2 aliphatic rings. The summed E-state index contributed by atoms with van der Waals surface area (Å²) in [6.07, 6.45) is 5.10. The lowest BCUT2D eigenvalue weighted by atomic mass is 10.0. The molecule has 0 bridgehead atoms. The van der Waals surface area contributed by atoms with Gasteiger partial charge >= 0.3 is 0 Å². The van der Waals surface area contributed by atoms with E-state index in [1.165, 1.54) is 5.57 Å². The van der Waals surface area contributed by atoms with Gasteiger partial charge in [0.2, 0.25) is 5.89 Å². The van der Waals surface area contributed by atoms with E-state index in [9.17, 15) is 0 Å². The number of halogens is 1. The molecule has 0 atom stereocenters. The maximum Gasteiger partial charge on any atom is 0.227 e. The highest BCUT2D eigenvalue weighted by atomic mass is 79.9. The van der Waals surface area contributed by atoms with Gasteiger partial charge in [-0.05, 0) is 36.3 Å². The van der Waals surface area contributed by atoms with Crippen LogP contribution in [0.4, 0.5) is 0 Å². The topological polar surface area (TPSA) is 38.4 Å². The van der Waals surface area contributed by atoms with Crippen molar-refractivity contribution in [2.75, 3.05) is 0 Å². The Balaban J connectivity index is 1.74. The molecule has 1 aliphatic carbocycles. The number of benzene rings is 2. The number of rotatable bonds is 1. The van der Waals surface area contributed by atoms with Crippen molar-refractivity contribution in [2.24, 2.45) is 4.99 Å². The summed E-state index contributed by atoms with van der Waals surface area (Å²) in [4.78, 5) is 9.37. The van der Waals surface area contributed by atoms with Crippen LogP contribution in [-0.4, -0.2) is 4.98 Å². The van der Waals surface area contributed by atoms with Gasteiger partial charge in [-0.3, -0.25) is 0 Å². The van der Waals surface area contributed by atoms with E-state index >= 15 is 0 Å². The lowest BCUT2D eigenvalue weighted by Gasteiger charge is -2.06. The molecule has 2 aromatic carbocycles. The molecule has 0 fully saturated rings. The van der Waals surface area contributed by atoms with Crippen LogP contribution in [-0.2, 0) is 0 Å². The Morgan fingerprint density at radius 3 is 2.83 bits per heavy atom. The molecule has 3 nitrogen and oxygen atoms in total. The fraction of sp³-hybridized carbons (Fsp3) is 0.0526. The third kappa shape index (κ3) is 2.02. The first kappa shape index (κ1) is 13.0. The smallest absolute Gasteiger partial charge is 0.227 e. The van der Waals surface area contributed by atoms with Crippen LogP contribution in [0.25, 0.3) is 28.1 Å². The third-order valence-electron chi connectivity index (χ3n) is 4.18. The van der Waals surface area contributed by atoms with Gasteiger partial charge in [0.25, 0.3) is 0 Å². The monoisotopic (exact) mass is 362 g/mol. The van der Waals surface area contributed by atoms with Gasteiger partial charge in [0.1, 0.15) is 5.52 Å². The van der Waals surface area contributed by atoms with Gasteiger partial charge in [0.05, 0.1) is 11.1 Å². The molecule has 23 heavy (non-hydrogen) atoms. The zero-order valence-corrected chi connectivity index (χ0v) is 13.7. The summed E-state index contributed by atoms with van der Waals surface area (Å²) >= 11 is 3.52. The van der Waals surface area contributed by atoms with E-state index in [-0.39, 0.29) is 0 Å². The first-order chi connectivity index (χ1) is 11.3. The van der Waals surface area contributed by atoms with Crippen molar-refractivity contribution in [2.45, 2.75) is 6.42 Å². The predicted octanol–water partition coefficient (Wildman–Crippen LogP) is 3.85. The quantitative estimate of drug-likeness (QED) is 0.659. The maximum absolute atomic E-state index is 5.93. The van der Waals surface area contributed by atoms with Crippen LogP contribution in [0.1, 0.15) is 6.42 Å². The minimum atomic E-state index is 0.649. The number of nitrogens with zero attached hydrogens (tertiary/aromatic N) is 2. The molecule has 1 aromatic heterocycles. The molecule has 0 spiro atoms. The van der Waals surface area contributed by atoms with Gasteiger partial charge in [-0.1, -0.05) is 40.2 Å². The highest BCUT2D eigenvalue weighted by molar-refractivity contribution is 9.11. The lowest BCUT2D eigenvalue weighted by Crippen LogP contribution is -2.22. The lowest BCUT2D eigenvalue weighted by molar-refractivity contribution is 0.619. The van der Waals surface area contributed by atoms with E-state index in [2.05, 4.69) is 39.1 Å². The van der Waals surface area contributed by atoms with Crippen LogP contribution >= 0.6 is 15.9 Å². The van der Waals surface area contributed by atoms with E-state index in [1.54, 1.807) is 0 Å². The molecule has 5 rings (SSSR count). The Labute approximate surface area is 140 Å². The first-order valence-corrected chi connectivity index (χ1v) is 8.23. The standard InChI is InChI=1S/C19H11BrN2O/c20-12-6-7-13-14-9-17-18(10-16(14)21-15(13)8-12)23-19(22-17)11-4-2-1-3-5-11/h1-6,8-10H,7H2. The molecule has 0 saturated carbocycles. The fourth-order valence-electron chi connectivity index (χ4n) is 3.06. The molecular formula is C19H11BrN2O. The molecule has 0 N–H and O–H groups in total. The largest absolute Gasteiger partial charge is 0.436 e. The van der Waals surface area contributed by atoms with Gasteiger partial charge < -0.3 is 4.42 Å². The maximum atomic E-state index is 5.93. The Hall–Kier alpha value is -2.46. The van der Waals surface area contributed by atoms with E-state index < -0.39 is 0 Å². The minimum Gasteiger partial charge on any atom is -0.436 e. The summed E-state index contributed by atoms with van der Waals surface area (Å²) in [6.45, 7) is 0. The van der Waals surface area contributed by atoms with E-state index in [4.69, 9.17) is 9.41 Å². The molecule has 0 amide bonds. The highest BCUT2D eigenvalue weighted by Crippen LogP contribution is 2.29. The second-order valence-corrected chi connectivity index (χ2v) is 6.55. The number of oxazole rings is 1. The summed E-state index contributed by atoms with van der Waals surface area (Å²) in [5, 5.41) is 2.12. The zero-order chi connectivity index (χ0) is 15.4. The average Bonchev–Trinajstić information content (AvgIpc) is 3.13. The van der Waals surface area contributed by atoms with Crippen molar-refractivity contribution in [3.8, 4) is 11.5 Å². The van der Waals surface area contributed by atoms with Crippen molar-refractivity contribution >= 4 is 32.6 Å². The van der Waals surface area contributed by atoms with Gasteiger partial charge in [0, 0.05) is 21.3 Å². The molecule has 4 heteroatoms. The van der Waals surface area contributed by atoms with Gasteiger partial charge in [-0.25, -0.2) is 9.98 Å². The average molecular weight is 363 g/mol. The summed E-state index contributed by atoms with van der Waals surface area (Å²) in [6, 6.07) is 14.0. The van der Waals surface area contributed by atoms with Crippen LogP contribution in [0, 0.1) is 0 Å². The Morgan fingerprint density at radius 2 is 1.96 bits per heavy atom. The second kappa shape index (κ2) is 4.77. The van der Waals surface area contributed by atoms with Crippen molar-refractivity contribution in [3.63, 3.8) is 0 Å². The number of hydrogen-bond donors (Lipinski definition) is 0. The predicted molar refractivity (Wildman–Crippen MR) is 93.3 cm³/mol. The van der Waals surface area contributed by atoms with Crippen LogP contribution in [0.2, 0.25) is 0 Å². The van der Waals surface area contributed by atoms with Crippen LogP contribution in [0.3, 0.4) is 0 Å². The second-order valence-electron chi connectivity index (χ2n) is 5.64. The van der Waals surface area contributed by atoms with Crippen LogP contribution < -0.4 is 10.6 Å². The minimum absolute atomic E-state index is 0.649. The SMILES string of the molecule is BrC1=CCC2=c3cc4nc(-c5ccccc5)oc4cc3=NC2=C1. The fourth-order valence-corrected chi connectivity index (χ4v) is 3.44. The molecular weight excluding hydrogens is 352 g/mol. The molecule has 0 unspecified atom stereocenters. The highest BCUT2D eigenvalue weighted by Gasteiger charge is 2.18.